The number of rotatable bonds is 2. The first-order valence-electron chi connectivity index (χ1n) is 4.26. The maximum Gasteiger partial charge on any atom is 0.0665 e. The maximum atomic E-state index is 5.94. The Labute approximate surface area is 106 Å². The number of benzene rings is 1. The number of hydrogen-bond acceptors (Lipinski definition) is 1. The van der Waals surface area contributed by atoms with E-state index in [1.54, 1.807) is 18.3 Å². The van der Waals surface area contributed by atoms with Gasteiger partial charge in [-0.3, -0.25) is 0 Å². The highest BCUT2D eigenvalue weighted by Gasteiger charge is 2.05. The fraction of sp³-hybridized carbons (Fsp3) is 0.100. The molecule has 2 nitrogen and oxygen atoms in total. The molecule has 2 aromatic rings. The first-order valence-corrected chi connectivity index (χ1v) is 6.14. The van der Waals surface area contributed by atoms with Crippen LogP contribution in [0, 0.1) is 0 Å². The molecule has 0 saturated carbocycles. The highest BCUT2D eigenvalue weighted by atomic mass is 79.9. The summed E-state index contributed by atoms with van der Waals surface area (Å²) in [5.74, 6) is 0. The van der Waals surface area contributed by atoms with Crippen molar-refractivity contribution in [1.29, 1.82) is 0 Å². The van der Waals surface area contributed by atoms with Crippen LogP contribution < -0.4 is 0 Å². The molecular formula is C10H7BrCl2N2. The van der Waals surface area contributed by atoms with Gasteiger partial charge in [0.15, 0.2) is 0 Å². The zero-order valence-corrected chi connectivity index (χ0v) is 10.7. The van der Waals surface area contributed by atoms with Crippen LogP contribution in [0.15, 0.2) is 30.5 Å². The molecule has 0 saturated heterocycles. The summed E-state index contributed by atoms with van der Waals surface area (Å²) in [7, 11) is 0. The Morgan fingerprint density at radius 2 is 2.00 bits per heavy atom. The van der Waals surface area contributed by atoms with Crippen LogP contribution in [0.5, 0.6) is 0 Å². The average molecular weight is 306 g/mol. The molecule has 0 aliphatic carbocycles. The maximum absolute atomic E-state index is 5.94. The van der Waals surface area contributed by atoms with E-state index in [-0.39, 0.29) is 0 Å². The lowest BCUT2D eigenvalue weighted by Gasteiger charge is -2.06. The molecule has 1 aromatic heterocycles. The van der Waals surface area contributed by atoms with Crippen molar-refractivity contribution in [2.75, 3.05) is 0 Å². The number of halogens is 3. The van der Waals surface area contributed by atoms with E-state index < -0.39 is 0 Å². The molecule has 0 bridgehead atoms. The Morgan fingerprint density at radius 3 is 2.67 bits per heavy atom. The third kappa shape index (κ3) is 2.19. The fourth-order valence-electron chi connectivity index (χ4n) is 1.28. The monoisotopic (exact) mass is 304 g/mol. The van der Waals surface area contributed by atoms with Crippen molar-refractivity contribution < 1.29 is 0 Å². The van der Waals surface area contributed by atoms with E-state index >= 15 is 0 Å². The minimum atomic E-state index is 0.533. The van der Waals surface area contributed by atoms with E-state index in [0.29, 0.717) is 10.0 Å². The van der Waals surface area contributed by atoms with Crippen LogP contribution >= 0.6 is 39.1 Å². The Hall–Kier alpha value is -0.510. The molecule has 78 valence electrons. The molecule has 1 heterocycles. The van der Waals surface area contributed by atoms with Gasteiger partial charge in [-0.05, 0) is 24.3 Å². The van der Waals surface area contributed by atoms with E-state index in [4.69, 9.17) is 23.2 Å². The Kier molecular flexibility index (Phi) is 3.34. The van der Waals surface area contributed by atoms with Gasteiger partial charge in [-0.25, -0.2) is 4.68 Å². The summed E-state index contributed by atoms with van der Waals surface area (Å²) in [6.45, 7) is 0. The van der Waals surface area contributed by atoms with Crippen molar-refractivity contribution in [1.82, 2.24) is 9.78 Å². The third-order valence-electron chi connectivity index (χ3n) is 2.01. The van der Waals surface area contributed by atoms with Gasteiger partial charge in [0.2, 0.25) is 0 Å². The Morgan fingerprint density at radius 1 is 1.20 bits per heavy atom. The van der Waals surface area contributed by atoms with Crippen LogP contribution in [0.4, 0.5) is 0 Å². The highest BCUT2D eigenvalue weighted by Crippen LogP contribution is 2.25. The predicted molar refractivity (Wildman–Crippen MR) is 66.2 cm³/mol. The SMILES string of the molecule is Clc1ccc(-n2nccc2CBr)cc1Cl. The standard InChI is InChI=1S/C10H7BrCl2N2/c11-6-8-3-4-14-15(8)7-1-2-9(12)10(13)5-7/h1-5H,6H2. The number of hydrogen-bond donors (Lipinski definition) is 0. The second kappa shape index (κ2) is 4.56. The van der Waals surface area contributed by atoms with E-state index in [0.717, 1.165) is 16.7 Å². The summed E-state index contributed by atoms with van der Waals surface area (Å²) in [4.78, 5) is 0. The zero-order valence-electron chi connectivity index (χ0n) is 7.62. The molecule has 0 spiro atoms. The lowest BCUT2D eigenvalue weighted by molar-refractivity contribution is 0.843. The van der Waals surface area contributed by atoms with Crippen LogP contribution in [0.1, 0.15) is 5.69 Å². The van der Waals surface area contributed by atoms with Crippen molar-refractivity contribution in [3.8, 4) is 5.69 Å². The molecule has 0 atom stereocenters. The molecule has 1 aromatic carbocycles. The topological polar surface area (TPSA) is 17.8 Å². The van der Waals surface area contributed by atoms with Crippen molar-refractivity contribution in [3.63, 3.8) is 0 Å². The summed E-state index contributed by atoms with van der Waals surface area (Å²) < 4.78 is 1.82. The van der Waals surface area contributed by atoms with Gasteiger partial charge in [0.05, 0.1) is 21.4 Å². The van der Waals surface area contributed by atoms with Gasteiger partial charge in [-0.2, -0.15) is 5.10 Å². The molecule has 0 radical (unpaired) electrons. The van der Waals surface area contributed by atoms with Gasteiger partial charge in [-0.1, -0.05) is 39.1 Å². The minimum Gasteiger partial charge on any atom is -0.237 e. The van der Waals surface area contributed by atoms with Gasteiger partial charge < -0.3 is 0 Å². The van der Waals surface area contributed by atoms with Crippen molar-refractivity contribution in [3.05, 3.63) is 46.2 Å². The van der Waals surface area contributed by atoms with Crippen LogP contribution in [-0.4, -0.2) is 9.78 Å². The van der Waals surface area contributed by atoms with Crippen LogP contribution in [0.3, 0.4) is 0 Å². The second-order valence-corrected chi connectivity index (χ2v) is 4.34. The quantitative estimate of drug-likeness (QED) is 0.765. The summed E-state index contributed by atoms with van der Waals surface area (Å²) in [5, 5.41) is 6.04. The summed E-state index contributed by atoms with van der Waals surface area (Å²) in [5.41, 5.74) is 1.97. The predicted octanol–water partition coefficient (Wildman–Crippen LogP) is 4.07. The third-order valence-corrected chi connectivity index (χ3v) is 3.32. The van der Waals surface area contributed by atoms with Crippen LogP contribution in [0.2, 0.25) is 10.0 Å². The molecule has 15 heavy (non-hydrogen) atoms. The minimum absolute atomic E-state index is 0.533. The zero-order chi connectivity index (χ0) is 10.8. The van der Waals surface area contributed by atoms with Gasteiger partial charge in [0.1, 0.15) is 0 Å². The average Bonchev–Trinajstić information content (AvgIpc) is 2.70. The van der Waals surface area contributed by atoms with E-state index in [1.165, 1.54) is 0 Å². The lowest BCUT2D eigenvalue weighted by atomic mass is 10.3. The van der Waals surface area contributed by atoms with Gasteiger partial charge in [0.25, 0.3) is 0 Å². The normalized spacial score (nSPS) is 10.6. The molecule has 0 unspecified atom stereocenters. The molecule has 5 heteroatoms. The number of aromatic nitrogens is 2. The highest BCUT2D eigenvalue weighted by molar-refractivity contribution is 9.08. The molecule has 2 rings (SSSR count). The molecular weight excluding hydrogens is 299 g/mol. The molecule has 0 fully saturated rings. The summed E-state index contributed by atoms with van der Waals surface area (Å²) in [6, 6.07) is 7.38. The van der Waals surface area contributed by atoms with Gasteiger partial charge in [-0.15, -0.1) is 0 Å². The molecule has 0 amide bonds. The van der Waals surface area contributed by atoms with Gasteiger partial charge >= 0.3 is 0 Å². The second-order valence-electron chi connectivity index (χ2n) is 2.97. The molecule has 0 N–H and O–H groups in total. The molecule has 0 aliphatic rings. The van der Waals surface area contributed by atoms with E-state index in [9.17, 15) is 0 Å². The Balaban J connectivity index is 2.50. The molecule has 0 aliphatic heterocycles. The van der Waals surface area contributed by atoms with Gasteiger partial charge in [0, 0.05) is 11.5 Å². The van der Waals surface area contributed by atoms with Crippen LogP contribution in [-0.2, 0) is 5.33 Å². The lowest BCUT2D eigenvalue weighted by Crippen LogP contribution is -1.99. The Bertz CT molecular complexity index is 482. The largest absolute Gasteiger partial charge is 0.237 e. The van der Waals surface area contributed by atoms with E-state index in [2.05, 4.69) is 21.0 Å². The first kappa shape index (κ1) is 11.0. The van der Waals surface area contributed by atoms with Crippen molar-refractivity contribution in [2.45, 2.75) is 5.33 Å². The van der Waals surface area contributed by atoms with Crippen LogP contribution in [0.25, 0.3) is 5.69 Å². The summed E-state index contributed by atoms with van der Waals surface area (Å²) >= 11 is 15.2. The smallest absolute Gasteiger partial charge is 0.0665 e. The van der Waals surface area contributed by atoms with Crippen molar-refractivity contribution >= 4 is 39.1 Å². The van der Waals surface area contributed by atoms with Crippen molar-refractivity contribution in [2.24, 2.45) is 0 Å². The number of alkyl halides is 1. The van der Waals surface area contributed by atoms with E-state index in [1.807, 2.05) is 16.8 Å². The summed E-state index contributed by atoms with van der Waals surface area (Å²) in [6.07, 6.45) is 1.75. The first-order chi connectivity index (χ1) is 7.22. The fourth-order valence-corrected chi connectivity index (χ4v) is 2.00. The number of nitrogens with zero attached hydrogens (tertiary/aromatic N) is 2.